The number of para-hydroxylation sites is 1. The maximum absolute atomic E-state index is 5.62. The summed E-state index contributed by atoms with van der Waals surface area (Å²) < 4.78 is 0. The molecule has 0 aliphatic carbocycles. The number of rotatable bonds is 8. The van der Waals surface area contributed by atoms with Gasteiger partial charge in [-0.2, -0.15) is 0 Å². The number of nitrogens with zero attached hydrogens (tertiary/aromatic N) is 1. The predicted octanol–water partition coefficient (Wildman–Crippen LogP) is 5.88. The van der Waals surface area contributed by atoms with Gasteiger partial charge in [-0.15, -0.1) is 0 Å². The van der Waals surface area contributed by atoms with Gasteiger partial charge in [0.15, 0.2) is 0 Å². The molecule has 0 bridgehead atoms. The Morgan fingerprint density at radius 1 is 1.09 bits per heavy atom. The molecule has 0 aliphatic rings. The highest BCUT2D eigenvalue weighted by Crippen LogP contribution is 2.33. The number of pyridine rings is 1. The number of aryl methyl sites for hydroxylation is 2. The molecule has 0 fully saturated rings. The molecule has 1 aromatic heterocycles. The van der Waals surface area contributed by atoms with Crippen molar-refractivity contribution in [3.05, 3.63) is 41.1 Å². The Morgan fingerprint density at radius 3 is 2.64 bits per heavy atom. The Labute approximate surface area is 136 Å². The van der Waals surface area contributed by atoms with E-state index in [0.717, 1.165) is 18.4 Å². The minimum Gasteiger partial charge on any atom is -0.253 e. The van der Waals surface area contributed by atoms with E-state index in [4.69, 9.17) is 12.8 Å². The van der Waals surface area contributed by atoms with Gasteiger partial charge in [0, 0.05) is 11.1 Å². The van der Waals surface area contributed by atoms with Crippen molar-refractivity contribution in [2.45, 2.75) is 71.5 Å². The zero-order chi connectivity index (χ0) is 15.9. The van der Waals surface area contributed by atoms with E-state index in [1.807, 2.05) is 0 Å². The first-order chi connectivity index (χ1) is 10.7. The van der Waals surface area contributed by atoms with Crippen LogP contribution < -0.4 is 0 Å². The lowest BCUT2D eigenvalue weighted by molar-refractivity contribution is 0.531. The lowest BCUT2D eigenvalue weighted by Crippen LogP contribution is -2.03. The second-order valence-corrected chi connectivity index (χ2v) is 6.45. The van der Waals surface area contributed by atoms with E-state index in [0.29, 0.717) is 5.92 Å². The normalized spacial score (nSPS) is 12.7. The van der Waals surface area contributed by atoms with Crippen LogP contribution in [0.25, 0.3) is 10.9 Å². The van der Waals surface area contributed by atoms with Crippen LogP contribution in [0, 0.1) is 13.8 Å². The topological polar surface area (TPSA) is 12.9 Å². The number of unbranched alkanes of at least 4 members (excludes halogenated alkanes) is 2. The lowest BCUT2D eigenvalue weighted by Gasteiger charge is -2.20. The first-order valence-electron chi connectivity index (χ1n) is 8.74. The van der Waals surface area contributed by atoms with Gasteiger partial charge < -0.3 is 0 Å². The van der Waals surface area contributed by atoms with Crippen LogP contribution in [0.2, 0.25) is 6.32 Å². The quantitative estimate of drug-likeness (QED) is 0.437. The van der Waals surface area contributed by atoms with Gasteiger partial charge >= 0.3 is 0 Å². The molecule has 1 aromatic carbocycles. The summed E-state index contributed by atoms with van der Waals surface area (Å²) in [5, 5.41) is 1.35. The largest absolute Gasteiger partial charge is 0.253 e. The van der Waals surface area contributed by atoms with Crippen molar-refractivity contribution in [1.29, 1.82) is 0 Å². The van der Waals surface area contributed by atoms with E-state index in [-0.39, 0.29) is 0 Å². The summed E-state index contributed by atoms with van der Waals surface area (Å²) >= 11 is 0. The fraction of sp³-hybridized carbons (Fsp3) is 0.550. The maximum atomic E-state index is 5.62. The molecule has 1 heterocycles. The SMILES string of the molecule is [B]CCCCCC(CCC)c1cc(C)nc2c(C)cccc12. The molecule has 2 aromatic rings. The van der Waals surface area contributed by atoms with Crippen LogP contribution in [-0.2, 0) is 0 Å². The summed E-state index contributed by atoms with van der Waals surface area (Å²) in [7, 11) is 5.62. The molecule has 116 valence electrons. The zero-order valence-corrected chi connectivity index (χ0v) is 14.4. The maximum Gasteiger partial charge on any atom is 0.0737 e. The Kier molecular flexibility index (Phi) is 6.48. The van der Waals surface area contributed by atoms with Crippen LogP contribution in [0.1, 0.15) is 68.2 Å². The first kappa shape index (κ1) is 17.1. The van der Waals surface area contributed by atoms with E-state index in [2.05, 4.69) is 45.0 Å². The molecule has 0 amide bonds. The average Bonchev–Trinajstić information content (AvgIpc) is 2.51. The number of hydrogen-bond acceptors (Lipinski definition) is 1. The smallest absolute Gasteiger partial charge is 0.0737 e. The predicted molar refractivity (Wildman–Crippen MR) is 97.9 cm³/mol. The minimum atomic E-state index is 0.647. The van der Waals surface area contributed by atoms with Crippen LogP contribution in [0.5, 0.6) is 0 Å². The van der Waals surface area contributed by atoms with Crippen molar-refractivity contribution in [3.8, 4) is 0 Å². The monoisotopic (exact) mass is 293 g/mol. The molecule has 0 N–H and O–H groups in total. The van der Waals surface area contributed by atoms with Crippen LogP contribution in [0.3, 0.4) is 0 Å². The molecule has 0 spiro atoms. The molecule has 0 saturated carbocycles. The number of benzene rings is 1. The van der Waals surface area contributed by atoms with Crippen molar-refractivity contribution in [2.75, 3.05) is 0 Å². The van der Waals surface area contributed by atoms with Crippen LogP contribution in [0.15, 0.2) is 24.3 Å². The van der Waals surface area contributed by atoms with Gasteiger partial charge in [0.1, 0.15) is 0 Å². The Morgan fingerprint density at radius 2 is 1.91 bits per heavy atom. The summed E-state index contributed by atoms with van der Waals surface area (Å²) in [6.45, 7) is 6.57. The highest BCUT2D eigenvalue weighted by Gasteiger charge is 2.15. The van der Waals surface area contributed by atoms with Gasteiger partial charge in [-0.25, -0.2) is 0 Å². The Bertz CT molecular complexity index is 606. The molecule has 0 saturated heterocycles. The second-order valence-electron chi connectivity index (χ2n) is 6.45. The number of hydrogen-bond donors (Lipinski definition) is 0. The third-order valence-corrected chi connectivity index (χ3v) is 4.53. The van der Waals surface area contributed by atoms with Gasteiger partial charge in [0.25, 0.3) is 0 Å². The van der Waals surface area contributed by atoms with Crippen molar-refractivity contribution in [2.24, 2.45) is 0 Å². The van der Waals surface area contributed by atoms with Crippen molar-refractivity contribution in [3.63, 3.8) is 0 Å². The summed E-state index contributed by atoms with van der Waals surface area (Å²) in [5.74, 6) is 0.647. The van der Waals surface area contributed by atoms with E-state index in [1.165, 1.54) is 54.1 Å². The zero-order valence-electron chi connectivity index (χ0n) is 14.4. The van der Waals surface area contributed by atoms with Gasteiger partial charge in [-0.1, -0.05) is 57.1 Å². The average molecular weight is 293 g/mol. The van der Waals surface area contributed by atoms with Gasteiger partial charge in [0.2, 0.25) is 0 Å². The molecule has 22 heavy (non-hydrogen) atoms. The van der Waals surface area contributed by atoms with Crippen molar-refractivity contribution >= 4 is 18.7 Å². The minimum absolute atomic E-state index is 0.647. The Hall–Kier alpha value is -1.31. The number of fused-ring (bicyclic) bond motifs is 1. The third kappa shape index (κ3) is 4.12. The first-order valence-corrected chi connectivity index (χ1v) is 8.74. The molecule has 0 aliphatic heterocycles. The van der Waals surface area contributed by atoms with Crippen molar-refractivity contribution < 1.29 is 0 Å². The number of aromatic nitrogens is 1. The molecule has 1 unspecified atom stereocenters. The van der Waals surface area contributed by atoms with Gasteiger partial charge in [-0.05, 0) is 49.8 Å². The molecular weight excluding hydrogens is 265 g/mol. The molecule has 2 radical (unpaired) electrons. The van der Waals surface area contributed by atoms with Crippen molar-refractivity contribution in [1.82, 2.24) is 4.98 Å². The van der Waals surface area contributed by atoms with E-state index in [1.54, 1.807) is 0 Å². The van der Waals surface area contributed by atoms with E-state index >= 15 is 0 Å². The van der Waals surface area contributed by atoms with E-state index < -0.39 is 0 Å². The molecular formula is C20H28BN. The molecule has 2 heteroatoms. The van der Waals surface area contributed by atoms with Crippen LogP contribution >= 0.6 is 0 Å². The van der Waals surface area contributed by atoms with Gasteiger partial charge in [0.05, 0.1) is 13.4 Å². The Balaban J connectivity index is 2.33. The summed E-state index contributed by atoms with van der Waals surface area (Å²) in [5.41, 5.74) is 5.10. The molecule has 1 atom stereocenters. The highest BCUT2D eigenvalue weighted by atomic mass is 14.7. The molecule has 1 nitrogen and oxygen atoms in total. The van der Waals surface area contributed by atoms with E-state index in [9.17, 15) is 0 Å². The third-order valence-electron chi connectivity index (χ3n) is 4.53. The summed E-state index contributed by atoms with van der Waals surface area (Å²) in [6.07, 6.45) is 8.24. The highest BCUT2D eigenvalue weighted by molar-refractivity contribution is 6.08. The van der Waals surface area contributed by atoms with Crippen LogP contribution in [-0.4, -0.2) is 12.8 Å². The molecule has 2 rings (SSSR count). The second kappa shape index (κ2) is 8.36. The standard InChI is InChI=1S/C20H28BN/c1-4-9-17(11-6-5-7-13-21)19-14-16(3)22-20-15(2)10-8-12-18(19)20/h8,10,12,14,17H,4-7,9,11,13H2,1-3H3. The fourth-order valence-corrected chi connectivity index (χ4v) is 3.41. The fourth-order valence-electron chi connectivity index (χ4n) is 3.41. The summed E-state index contributed by atoms with van der Waals surface area (Å²) in [4.78, 5) is 4.77. The van der Waals surface area contributed by atoms with Crippen LogP contribution in [0.4, 0.5) is 0 Å². The lowest BCUT2D eigenvalue weighted by atomic mass is 9.86. The summed E-state index contributed by atoms with van der Waals surface area (Å²) in [6, 6.07) is 8.88. The van der Waals surface area contributed by atoms with Gasteiger partial charge in [-0.3, -0.25) is 4.98 Å².